The van der Waals surface area contributed by atoms with E-state index < -0.39 is 12.9 Å². The van der Waals surface area contributed by atoms with E-state index in [1.807, 2.05) is 27.7 Å². The van der Waals surface area contributed by atoms with Crippen molar-refractivity contribution in [1.29, 1.82) is 0 Å². The lowest BCUT2D eigenvalue weighted by molar-refractivity contribution is -0.615. The van der Waals surface area contributed by atoms with E-state index in [0.29, 0.717) is 6.54 Å². The number of nitrogens with zero attached hydrogens (tertiary/aromatic N) is 2. The minimum Gasteiger partial charge on any atom is -0.569 e. The van der Waals surface area contributed by atoms with Crippen molar-refractivity contribution in [3.63, 3.8) is 0 Å². The van der Waals surface area contributed by atoms with Gasteiger partial charge in [0, 0.05) is 0 Å². The summed E-state index contributed by atoms with van der Waals surface area (Å²) in [5.41, 5.74) is 2.29. The third-order valence-electron chi connectivity index (χ3n) is 1.76. The van der Waals surface area contributed by atoms with Gasteiger partial charge in [-0.15, -0.1) is 0 Å². The second kappa shape index (κ2) is 9.23. The average molecular weight is 277 g/mol. The molecule has 0 amide bonds. The fraction of sp³-hybridized carbons (Fsp3) is 0.909. The molecule has 0 saturated carbocycles. The van der Waals surface area contributed by atoms with E-state index in [4.69, 9.17) is 4.74 Å². The Kier molecular flexibility index (Phi) is 8.39. The van der Waals surface area contributed by atoms with Crippen LogP contribution in [0, 0.1) is 10.6 Å². The summed E-state index contributed by atoms with van der Waals surface area (Å²) in [4.78, 5) is 15.7. The first-order valence-corrected chi connectivity index (χ1v) is 6.18. The van der Waals surface area contributed by atoms with Crippen LogP contribution in [0.25, 0.3) is 0 Å². The number of carbonyl (C=O) groups excluding carboxylic acids is 1. The zero-order valence-corrected chi connectivity index (χ0v) is 12.0. The molecule has 0 heterocycles. The minimum atomic E-state index is -0.860. The summed E-state index contributed by atoms with van der Waals surface area (Å²) in [6.07, 6.45) is 0.954. The molecule has 0 aromatic carbocycles. The Morgan fingerprint density at radius 3 is 2.63 bits per heavy atom. The van der Waals surface area contributed by atoms with Gasteiger partial charge in [0.05, 0.1) is 18.1 Å². The van der Waals surface area contributed by atoms with Gasteiger partial charge in [-0.3, -0.25) is 0 Å². The number of hydrogen-bond acceptors (Lipinski definition) is 6. The Morgan fingerprint density at radius 2 is 2.05 bits per heavy atom. The van der Waals surface area contributed by atoms with Gasteiger partial charge in [-0.1, -0.05) is 34.1 Å². The molecule has 0 aliphatic rings. The Hall–Kier alpha value is -1.73. The second-order valence-corrected chi connectivity index (χ2v) is 5.11. The van der Waals surface area contributed by atoms with Crippen LogP contribution in [0.4, 0.5) is 4.79 Å². The number of rotatable bonds is 8. The fourth-order valence-corrected chi connectivity index (χ4v) is 0.848. The molecule has 0 aliphatic carbocycles. The number of unbranched alkanes of at least 4 members (excludes halogenated alkanes) is 1. The lowest BCUT2D eigenvalue weighted by Crippen LogP contribution is -2.24. The van der Waals surface area contributed by atoms with Gasteiger partial charge in [0.25, 0.3) is 6.79 Å². The van der Waals surface area contributed by atoms with Crippen molar-refractivity contribution < 1.29 is 24.1 Å². The molecule has 0 bridgehead atoms. The van der Waals surface area contributed by atoms with E-state index in [-0.39, 0.29) is 17.0 Å². The highest BCUT2D eigenvalue weighted by Gasteiger charge is 2.14. The molecule has 0 atom stereocenters. The van der Waals surface area contributed by atoms with E-state index >= 15 is 0 Å². The van der Waals surface area contributed by atoms with E-state index in [0.717, 1.165) is 12.8 Å². The number of ether oxygens (including phenoxy) is 2. The van der Waals surface area contributed by atoms with Gasteiger partial charge in [-0.05, 0) is 11.8 Å². The topological polar surface area (TPSA) is 95.2 Å². The molecule has 0 fully saturated rings. The molecule has 8 heteroatoms. The van der Waals surface area contributed by atoms with Crippen molar-refractivity contribution in [1.82, 2.24) is 5.43 Å². The highest BCUT2D eigenvalue weighted by atomic mass is 16.8. The van der Waals surface area contributed by atoms with Gasteiger partial charge in [-0.25, -0.2) is 4.79 Å². The van der Waals surface area contributed by atoms with Crippen LogP contribution in [0.2, 0.25) is 0 Å². The largest absolute Gasteiger partial charge is 0.569 e. The van der Waals surface area contributed by atoms with Crippen molar-refractivity contribution in [3.05, 3.63) is 5.21 Å². The number of carbonyl (C=O) groups is 1. The van der Waals surface area contributed by atoms with Crippen molar-refractivity contribution >= 4 is 6.16 Å². The normalized spacial score (nSPS) is 11.9. The van der Waals surface area contributed by atoms with Gasteiger partial charge < -0.3 is 19.5 Å². The van der Waals surface area contributed by atoms with Crippen LogP contribution in [0.15, 0.2) is 5.28 Å². The van der Waals surface area contributed by atoms with E-state index in [2.05, 4.69) is 20.3 Å². The van der Waals surface area contributed by atoms with Crippen molar-refractivity contribution in [2.45, 2.75) is 40.5 Å². The molecule has 0 unspecified atom stereocenters. The van der Waals surface area contributed by atoms with Gasteiger partial charge in [-0.2, -0.15) is 5.43 Å². The van der Waals surface area contributed by atoms with E-state index in [1.165, 1.54) is 0 Å². The van der Waals surface area contributed by atoms with Gasteiger partial charge in [0.2, 0.25) is 5.28 Å². The molecule has 0 rings (SSSR count). The quantitative estimate of drug-likeness (QED) is 0.183. The maximum Gasteiger partial charge on any atom is 0.511 e. The molecule has 8 nitrogen and oxygen atoms in total. The summed E-state index contributed by atoms with van der Waals surface area (Å²) < 4.78 is 9.35. The Labute approximate surface area is 113 Å². The molecule has 0 spiro atoms. The standard InChI is InChI=1S/C11H23N3O5/c1-5-6-7-12-14(16)13-19-9-18-10(15)17-8-11(2,3)4/h5-9H2,1-4H3,(H,12,13). The van der Waals surface area contributed by atoms with E-state index in [1.54, 1.807) is 0 Å². The van der Waals surface area contributed by atoms with E-state index in [9.17, 15) is 10.0 Å². The highest BCUT2D eigenvalue weighted by molar-refractivity contribution is 5.59. The Balaban J connectivity index is 3.62. The molecule has 19 heavy (non-hydrogen) atoms. The highest BCUT2D eigenvalue weighted by Crippen LogP contribution is 2.13. The molecule has 0 radical (unpaired) electrons. The average Bonchev–Trinajstić information content (AvgIpc) is 2.31. The van der Waals surface area contributed by atoms with Gasteiger partial charge >= 0.3 is 6.16 Å². The molecule has 0 aromatic heterocycles. The first-order chi connectivity index (χ1) is 8.85. The maximum atomic E-state index is 11.1. The maximum absolute atomic E-state index is 11.1. The third-order valence-corrected chi connectivity index (χ3v) is 1.76. The predicted molar refractivity (Wildman–Crippen MR) is 66.8 cm³/mol. The lowest BCUT2D eigenvalue weighted by atomic mass is 9.99. The third kappa shape index (κ3) is 12.5. The van der Waals surface area contributed by atoms with Crippen LogP contribution in [0.3, 0.4) is 0 Å². The number of hydrazine groups is 1. The Morgan fingerprint density at radius 1 is 1.37 bits per heavy atom. The predicted octanol–water partition coefficient (Wildman–Crippen LogP) is 2.34. The molecule has 112 valence electrons. The van der Waals surface area contributed by atoms with Gasteiger partial charge in [0.15, 0.2) is 0 Å². The zero-order chi connectivity index (χ0) is 14.7. The van der Waals surface area contributed by atoms with Gasteiger partial charge in [0.1, 0.15) is 0 Å². The van der Waals surface area contributed by atoms with Crippen LogP contribution >= 0.6 is 0 Å². The minimum absolute atomic E-state index is 0.140. The fourth-order valence-electron chi connectivity index (χ4n) is 0.848. The molecular formula is C11H23N3O5. The number of nitrogens with one attached hydrogen (secondary N) is 1. The monoisotopic (exact) mass is 277 g/mol. The van der Waals surface area contributed by atoms with Crippen LogP contribution in [-0.2, 0) is 14.3 Å². The molecule has 0 aliphatic heterocycles. The second-order valence-electron chi connectivity index (χ2n) is 5.11. The number of hydrogen-bond donors (Lipinski definition) is 1. The van der Waals surface area contributed by atoms with Crippen LogP contribution in [0.5, 0.6) is 0 Å². The van der Waals surface area contributed by atoms with Crippen molar-refractivity contribution in [2.24, 2.45) is 10.7 Å². The van der Waals surface area contributed by atoms with Crippen molar-refractivity contribution in [2.75, 3.05) is 19.9 Å². The summed E-state index contributed by atoms with van der Waals surface area (Å²) in [5, 5.41) is 14.1. The van der Waals surface area contributed by atoms with Crippen molar-refractivity contribution in [3.8, 4) is 0 Å². The summed E-state index contributed by atoms with van der Waals surface area (Å²) in [7, 11) is 0. The zero-order valence-electron chi connectivity index (χ0n) is 12.0. The van der Waals surface area contributed by atoms with Crippen LogP contribution < -0.4 is 5.43 Å². The lowest BCUT2D eigenvalue weighted by Gasteiger charge is -2.16. The molecule has 1 N–H and O–H groups in total. The van der Waals surface area contributed by atoms with Crippen LogP contribution in [0.1, 0.15) is 40.5 Å². The molecule has 0 saturated heterocycles. The summed E-state index contributed by atoms with van der Waals surface area (Å²) in [5.74, 6) is 0. The molecular weight excluding hydrogens is 254 g/mol. The molecule has 0 aromatic rings. The summed E-state index contributed by atoms with van der Waals surface area (Å²) in [6.45, 7) is 8.02. The summed E-state index contributed by atoms with van der Waals surface area (Å²) in [6, 6.07) is 0. The smallest absolute Gasteiger partial charge is 0.511 e. The van der Waals surface area contributed by atoms with Crippen LogP contribution in [-0.4, -0.2) is 31.1 Å². The Bertz CT molecular complexity index is 289. The first-order valence-electron chi connectivity index (χ1n) is 6.18. The first kappa shape index (κ1) is 17.3. The SMILES string of the molecule is CCCCN/[N+]([O-])=N/OCOC(=O)OCC(C)(C)C. The summed E-state index contributed by atoms with van der Waals surface area (Å²) >= 11 is 0.